The third-order valence-corrected chi connectivity index (χ3v) is 1.32. The fraction of sp³-hybridized carbons (Fsp3) is 0.375. The van der Waals surface area contributed by atoms with Crippen molar-refractivity contribution in [3.8, 4) is 0 Å². The topological polar surface area (TPSA) is 21.6 Å². The van der Waals surface area contributed by atoms with Gasteiger partial charge in [0, 0.05) is 6.21 Å². The zero-order valence-electron chi connectivity index (χ0n) is 6.24. The lowest BCUT2D eigenvalue weighted by Gasteiger charge is -1.99. The summed E-state index contributed by atoms with van der Waals surface area (Å²) < 4.78 is 4.96. The van der Waals surface area contributed by atoms with E-state index < -0.39 is 0 Å². The zero-order valence-corrected chi connectivity index (χ0v) is 6.24. The predicted molar refractivity (Wildman–Crippen MR) is 41.9 cm³/mol. The number of hydrogen-bond acceptors (Lipinski definition) is 2. The molecule has 0 spiro atoms. The van der Waals surface area contributed by atoms with Crippen molar-refractivity contribution >= 4 is 6.21 Å². The second-order valence-electron chi connectivity index (χ2n) is 2.23. The largest absolute Gasteiger partial charge is 0.481 e. The summed E-state index contributed by atoms with van der Waals surface area (Å²) in [6.07, 6.45) is 7.70. The molecule has 0 aliphatic carbocycles. The molecule has 1 rings (SSSR count). The van der Waals surface area contributed by atoms with E-state index in [1.165, 1.54) is 0 Å². The molecule has 0 saturated carbocycles. The van der Waals surface area contributed by atoms with Gasteiger partial charge >= 0.3 is 0 Å². The van der Waals surface area contributed by atoms with Crippen molar-refractivity contribution in [2.75, 3.05) is 7.11 Å². The zero-order chi connectivity index (χ0) is 7.40. The summed E-state index contributed by atoms with van der Waals surface area (Å²) in [5.41, 5.74) is 0. The van der Waals surface area contributed by atoms with Crippen LogP contribution in [0.3, 0.4) is 0 Å². The van der Waals surface area contributed by atoms with Crippen LogP contribution in [0.5, 0.6) is 0 Å². The average Bonchev–Trinajstić information content (AvgIpc) is 2.13. The number of rotatable bonds is 1. The van der Waals surface area contributed by atoms with Crippen molar-refractivity contribution in [3.05, 3.63) is 24.1 Å². The van der Waals surface area contributed by atoms with Crippen LogP contribution in [0.2, 0.25) is 0 Å². The first kappa shape index (κ1) is 7.06. The molecule has 0 aromatic carbocycles. The maximum atomic E-state index is 4.96. The Balaban J connectivity index is 2.74. The summed E-state index contributed by atoms with van der Waals surface area (Å²) in [6.45, 7) is 2.09. The second-order valence-corrected chi connectivity index (χ2v) is 2.23. The number of allylic oxidation sites excluding steroid dienone is 3. The van der Waals surface area contributed by atoms with Gasteiger partial charge in [0.05, 0.1) is 7.11 Å². The normalized spacial score (nSPS) is 23.8. The highest BCUT2D eigenvalue weighted by Crippen LogP contribution is 2.08. The molecule has 0 saturated heterocycles. The van der Waals surface area contributed by atoms with Crippen LogP contribution in [0.25, 0.3) is 0 Å². The maximum Gasteiger partial charge on any atom is 0.209 e. The van der Waals surface area contributed by atoms with Crippen LogP contribution in [0, 0.1) is 5.92 Å². The molecule has 0 amide bonds. The van der Waals surface area contributed by atoms with E-state index in [1.54, 1.807) is 13.3 Å². The number of aliphatic imine (C=N–C) groups is 1. The molecule has 0 radical (unpaired) electrons. The fourth-order valence-electron chi connectivity index (χ4n) is 0.786. The van der Waals surface area contributed by atoms with E-state index >= 15 is 0 Å². The van der Waals surface area contributed by atoms with Crippen molar-refractivity contribution in [2.24, 2.45) is 10.9 Å². The molecule has 1 heterocycles. The summed E-state index contributed by atoms with van der Waals surface area (Å²) in [5, 5.41) is 0. The molecule has 0 aromatic heterocycles. The van der Waals surface area contributed by atoms with E-state index in [0.29, 0.717) is 11.8 Å². The van der Waals surface area contributed by atoms with E-state index in [4.69, 9.17) is 4.74 Å². The fourth-order valence-corrected chi connectivity index (χ4v) is 0.786. The van der Waals surface area contributed by atoms with Crippen molar-refractivity contribution in [3.63, 3.8) is 0 Å². The Morgan fingerprint density at radius 2 is 2.40 bits per heavy atom. The molecule has 2 heteroatoms. The molecule has 0 bridgehead atoms. The number of ether oxygens (including phenoxy) is 1. The molecule has 1 aliphatic rings. The lowest BCUT2D eigenvalue weighted by Crippen LogP contribution is -1.86. The van der Waals surface area contributed by atoms with E-state index in [1.807, 2.05) is 12.2 Å². The molecular formula is C8H11NO. The minimum Gasteiger partial charge on any atom is -0.481 e. The van der Waals surface area contributed by atoms with Crippen LogP contribution in [0.15, 0.2) is 29.1 Å². The third-order valence-electron chi connectivity index (χ3n) is 1.32. The maximum absolute atomic E-state index is 4.96. The first-order valence-electron chi connectivity index (χ1n) is 3.29. The highest BCUT2D eigenvalue weighted by Gasteiger charge is 1.97. The Morgan fingerprint density at radius 1 is 1.60 bits per heavy atom. The van der Waals surface area contributed by atoms with Gasteiger partial charge in [0.2, 0.25) is 5.88 Å². The SMILES string of the molecule is COC1=CC(C)C=CC=N1. The quantitative estimate of drug-likeness (QED) is 0.539. The van der Waals surface area contributed by atoms with Crippen LogP contribution in [0.4, 0.5) is 0 Å². The average molecular weight is 137 g/mol. The van der Waals surface area contributed by atoms with Gasteiger partial charge in [-0.3, -0.25) is 0 Å². The van der Waals surface area contributed by atoms with Crippen molar-refractivity contribution in [2.45, 2.75) is 6.92 Å². The molecule has 10 heavy (non-hydrogen) atoms. The lowest BCUT2D eigenvalue weighted by molar-refractivity contribution is 0.286. The van der Waals surface area contributed by atoms with Gasteiger partial charge in [-0.15, -0.1) is 0 Å². The third kappa shape index (κ3) is 1.72. The Bertz CT molecular complexity index is 191. The molecule has 2 nitrogen and oxygen atoms in total. The highest BCUT2D eigenvalue weighted by atomic mass is 16.5. The first-order valence-corrected chi connectivity index (χ1v) is 3.29. The summed E-state index contributed by atoms with van der Waals surface area (Å²) >= 11 is 0. The number of methoxy groups -OCH3 is 1. The van der Waals surface area contributed by atoms with Crippen LogP contribution >= 0.6 is 0 Å². The second kappa shape index (κ2) is 3.20. The summed E-state index contributed by atoms with van der Waals surface area (Å²) in [4.78, 5) is 4.02. The highest BCUT2D eigenvalue weighted by molar-refractivity contribution is 5.72. The van der Waals surface area contributed by atoms with Crippen LogP contribution in [0.1, 0.15) is 6.92 Å². The van der Waals surface area contributed by atoms with Gasteiger partial charge in [0.15, 0.2) is 0 Å². The van der Waals surface area contributed by atoms with Gasteiger partial charge in [-0.25, -0.2) is 4.99 Å². The molecular weight excluding hydrogens is 126 g/mol. The summed E-state index contributed by atoms with van der Waals surface area (Å²) in [7, 11) is 1.63. The summed E-state index contributed by atoms with van der Waals surface area (Å²) in [6, 6.07) is 0. The smallest absolute Gasteiger partial charge is 0.209 e. The van der Waals surface area contributed by atoms with Crippen molar-refractivity contribution < 1.29 is 4.74 Å². The standard InChI is InChI=1S/C8H11NO/c1-7-4-3-5-9-8(6-7)10-2/h3-7H,1-2H3. The first-order chi connectivity index (χ1) is 4.83. The lowest BCUT2D eigenvalue weighted by atomic mass is 10.2. The van der Waals surface area contributed by atoms with E-state index in [0.717, 1.165) is 0 Å². The van der Waals surface area contributed by atoms with Crippen molar-refractivity contribution in [1.29, 1.82) is 0 Å². The Kier molecular flexibility index (Phi) is 2.26. The van der Waals surface area contributed by atoms with Crippen LogP contribution in [-0.4, -0.2) is 13.3 Å². The van der Waals surface area contributed by atoms with Crippen LogP contribution in [-0.2, 0) is 4.74 Å². The molecule has 1 aliphatic heterocycles. The van der Waals surface area contributed by atoms with Gasteiger partial charge in [-0.05, 0) is 18.1 Å². The molecule has 1 atom stereocenters. The minimum absolute atomic E-state index is 0.414. The van der Waals surface area contributed by atoms with E-state index in [-0.39, 0.29) is 0 Å². The van der Waals surface area contributed by atoms with E-state index in [9.17, 15) is 0 Å². The van der Waals surface area contributed by atoms with Gasteiger partial charge in [-0.1, -0.05) is 13.0 Å². The number of hydrogen-bond donors (Lipinski definition) is 0. The van der Waals surface area contributed by atoms with E-state index in [2.05, 4.69) is 18.0 Å². The monoisotopic (exact) mass is 137 g/mol. The Morgan fingerprint density at radius 3 is 3.10 bits per heavy atom. The minimum atomic E-state index is 0.414. The molecule has 0 aromatic rings. The number of nitrogens with zero attached hydrogens (tertiary/aromatic N) is 1. The predicted octanol–water partition coefficient (Wildman–Crippen LogP) is 1.75. The van der Waals surface area contributed by atoms with Gasteiger partial charge in [0.1, 0.15) is 0 Å². The Labute approximate surface area is 60.9 Å². The molecule has 54 valence electrons. The van der Waals surface area contributed by atoms with Gasteiger partial charge < -0.3 is 4.74 Å². The summed E-state index contributed by atoms with van der Waals surface area (Å²) in [5.74, 6) is 1.11. The van der Waals surface area contributed by atoms with Crippen LogP contribution < -0.4 is 0 Å². The molecule has 0 fully saturated rings. The van der Waals surface area contributed by atoms with Gasteiger partial charge in [-0.2, -0.15) is 0 Å². The van der Waals surface area contributed by atoms with Gasteiger partial charge in [0.25, 0.3) is 0 Å². The van der Waals surface area contributed by atoms with Crippen molar-refractivity contribution in [1.82, 2.24) is 0 Å². The molecule has 0 N–H and O–H groups in total. The Hall–Kier alpha value is -1.05. The molecule has 1 unspecified atom stereocenters.